The number of anilines is 1. The van der Waals surface area contributed by atoms with Gasteiger partial charge in [0.2, 0.25) is 10.0 Å². The van der Waals surface area contributed by atoms with Gasteiger partial charge in [-0.25, -0.2) is 8.42 Å². The number of rotatable bonds is 5. The molecule has 3 rings (SSSR count). The average molecular weight is 387 g/mol. The van der Waals surface area contributed by atoms with E-state index in [1.807, 2.05) is 31.2 Å². The highest BCUT2D eigenvalue weighted by atomic mass is 32.2. The standard InChI is InChI=1S/C21H26N2O3S/c1-3-17-9-6-11-19(14-17)22-21(24)18-10-7-12-20(15-18)27(25,26)23-13-5-4-8-16(23)2/h6-7,9-12,14-16H,3-5,8,13H2,1-2H3,(H,22,24). The number of sulfonamides is 1. The van der Waals surface area contributed by atoms with Crippen LogP contribution in [0.1, 0.15) is 49.0 Å². The highest BCUT2D eigenvalue weighted by Gasteiger charge is 2.31. The van der Waals surface area contributed by atoms with Gasteiger partial charge in [0.1, 0.15) is 0 Å². The molecule has 1 atom stereocenters. The molecular weight excluding hydrogens is 360 g/mol. The van der Waals surface area contributed by atoms with Crippen LogP contribution in [0.15, 0.2) is 53.4 Å². The van der Waals surface area contributed by atoms with E-state index in [1.54, 1.807) is 22.5 Å². The van der Waals surface area contributed by atoms with Gasteiger partial charge in [0.05, 0.1) is 4.90 Å². The molecule has 1 aliphatic rings. The Morgan fingerprint density at radius 2 is 1.93 bits per heavy atom. The summed E-state index contributed by atoms with van der Waals surface area (Å²) >= 11 is 0. The molecule has 1 aliphatic heterocycles. The normalized spacial score (nSPS) is 18.2. The van der Waals surface area contributed by atoms with Crippen LogP contribution in [-0.2, 0) is 16.4 Å². The maximum absolute atomic E-state index is 13.0. The van der Waals surface area contributed by atoms with Crippen molar-refractivity contribution in [2.45, 2.75) is 50.5 Å². The van der Waals surface area contributed by atoms with Crippen molar-refractivity contribution in [1.82, 2.24) is 4.31 Å². The van der Waals surface area contributed by atoms with E-state index in [2.05, 4.69) is 12.2 Å². The highest BCUT2D eigenvalue weighted by Crippen LogP contribution is 2.25. The molecule has 1 fully saturated rings. The van der Waals surface area contributed by atoms with Gasteiger partial charge in [-0.3, -0.25) is 4.79 Å². The largest absolute Gasteiger partial charge is 0.322 e. The minimum Gasteiger partial charge on any atom is -0.322 e. The molecule has 0 aliphatic carbocycles. The lowest BCUT2D eigenvalue weighted by molar-refractivity contribution is 0.102. The molecule has 1 N–H and O–H groups in total. The first-order valence-corrected chi connectivity index (χ1v) is 10.9. The number of hydrogen-bond donors (Lipinski definition) is 1. The number of amides is 1. The van der Waals surface area contributed by atoms with E-state index >= 15 is 0 Å². The zero-order valence-corrected chi connectivity index (χ0v) is 16.6. The van der Waals surface area contributed by atoms with Crippen LogP contribution >= 0.6 is 0 Å². The first-order valence-electron chi connectivity index (χ1n) is 9.44. The molecule has 144 valence electrons. The number of nitrogens with zero attached hydrogens (tertiary/aromatic N) is 1. The van der Waals surface area contributed by atoms with Crippen molar-refractivity contribution >= 4 is 21.6 Å². The third-order valence-electron chi connectivity index (χ3n) is 5.04. The predicted molar refractivity (Wildman–Crippen MR) is 107 cm³/mol. The number of carbonyl (C=O) groups is 1. The van der Waals surface area contributed by atoms with E-state index in [0.717, 1.165) is 31.2 Å². The third-order valence-corrected chi connectivity index (χ3v) is 7.05. The third kappa shape index (κ3) is 4.39. The molecule has 2 aromatic carbocycles. The van der Waals surface area contributed by atoms with Crippen LogP contribution in [-0.4, -0.2) is 31.2 Å². The number of aryl methyl sites for hydroxylation is 1. The summed E-state index contributed by atoms with van der Waals surface area (Å²) in [6, 6.07) is 13.9. The van der Waals surface area contributed by atoms with E-state index in [0.29, 0.717) is 17.8 Å². The number of benzene rings is 2. The van der Waals surface area contributed by atoms with Crippen LogP contribution in [0.3, 0.4) is 0 Å². The SMILES string of the molecule is CCc1cccc(NC(=O)c2cccc(S(=O)(=O)N3CCCCC3C)c2)c1. The molecule has 2 aromatic rings. The lowest BCUT2D eigenvalue weighted by Crippen LogP contribution is -2.41. The molecule has 6 heteroatoms. The summed E-state index contributed by atoms with van der Waals surface area (Å²) in [5.74, 6) is -0.313. The van der Waals surface area contributed by atoms with E-state index in [1.165, 1.54) is 6.07 Å². The Balaban J connectivity index is 1.83. The summed E-state index contributed by atoms with van der Waals surface area (Å²) in [7, 11) is -3.60. The van der Waals surface area contributed by atoms with Gasteiger partial charge in [-0.2, -0.15) is 4.31 Å². The Kier molecular flexibility index (Phi) is 5.97. The van der Waals surface area contributed by atoms with Gasteiger partial charge in [-0.05, 0) is 62.1 Å². The first kappa shape index (κ1) is 19.6. The van der Waals surface area contributed by atoms with Crippen LogP contribution in [0.2, 0.25) is 0 Å². The van der Waals surface area contributed by atoms with Gasteiger partial charge < -0.3 is 5.32 Å². The quantitative estimate of drug-likeness (QED) is 0.842. The number of nitrogens with one attached hydrogen (secondary N) is 1. The van der Waals surface area contributed by atoms with E-state index in [4.69, 9.17) is 0 Å². The zero-order chi connectivity index (χ0) is 19.4. The fraction of sp³-hybridized carbons (Fsp3) is 0.381. The molecule has 27 heavy (non-hydrogen) atoms. The summed E-state index contributed by atoms with van der Waals surface area (Å²) in [6.45, 7) is 4.52. The van der Waals surface area contributed by atoms with E-state index < -0.39 is 10.0 Å². The van der Waals surface area contributed by atoms with Crippen LogP contribution in [0.4, 0.5) is 5.69 Å². The molecule has 0 saturated carbocycles. The first-order chi connectivity index (χ1) is 12.9. The monoisotopic (exact) mass is 386 g/mol. The molecular formula is C21H26N2O3S. The summed E-state index contributed by atoms with van der Waals surface area (Å²) in [5, 5.41) is 2.85. The van der Waals surface area contributed by atoms with Crippen molar-refractivity contribution in [3.05, 3.63) is 59.7 Å². The van der Waals surface area contributed by atoms with Crippen LogP contribution in [0.5, 0.6) is 0 Å². The van der Waals surface area contributed by atoms with Gasteiger partial charge in [0.15, 0.2) is 0 Å². The number of hydrogen-bond acceptors (Lipinski definition) is 3. The van der Waals surface area contributed by atoms with Gasteiger partial charge in [0, 0.05) is 23.8 Å². The lowest BCUT2D eigenvalue weighted by Gasteiger charge is -2.32. The molecule has 0 radical (unpaired) electrons. The highest BCUT2D eigenvalue weighted by molar-refractivity contribution is 7.89. The fourth-order valence-electron chi connectivity index (χ4n) is 3.43. The van der Waals surface area contributed by atoms with Crippen molar-refractivity contribution in [1.29, 1.82) is 0 Å². The molecule has 5 nitrogen and oxygen atoms in total. The van der Waals surface area contributed by atoms with E-state index in [9.17, 15) is 13.2 Å². The predicted octanol–water partition coefficient (Wildman–Crippen LogP) is 4.06. The Morgan fingerprint density at radius 1 is 1.15 bits per heavy atom. The van der Waals surface area contributed by atoms with Gasteiger partial charge >= 0.3 is 0 Å². The van der Waals surface area contributed by atoms with Crippen molar-refractivity contribution in [3.8, 4) is 0 Å². The zero-order valence-electron chi connectivity index (χ0n) is 15.8. The van der Waals surface area contributed by atoms with Gasteiger partial charge in [-0.15, -0.1) is 0 Å². The molecule has 0 spiro atoms. The number of piperidine rings is 1. The summed E-state index contributed by atoms with van der Waals surface area (Å²) in [5.41, 5.74) is 2.17. The van der Waals surface area contributed by atoms with E-state index in [-0.39, 0.29) is 16.8 Å². The minimum atomic E-state index is -3.60. The second kappa shape index (κ2) is 8.23. The maximum atomic E-state index is 13.0. The summed E-state index contributed by atoms with van der Waals surface area (Å²) in [4.78, 5) is 12.8. The number of carbonyl (C=O) groups excluding carboxylic acids is 1. The minimum absolute atomic E-state index is 0.0157. The summed E-state index contributed by atoms with van der Waals surface area (Å²) in [6.07, 6.45) is 3.67. The Morgan fingerprint density at radius 3 is 2.67 bits per heavy atom. The Bertz CT molecular complexity index is 925. The van der Waals surface area contributed by atoms with Gasteiger partial charge in [-0.1, -0.05) is 31.5 Å². The Hall–Kier alpha value is -2.18. The maximum Gasteiger partial charge on any atom is 0.255 e. The van der Waals surface area contributed by atoms with Crippen molar-refractivity contribution in [2.75, 3.05) is 11.9 Å². The fourth-order valence-corrected chi connectivity index (χ4v) is 5.18. The van der Waals surface area contributed by atoms with Crippen LogP contribution in [0, 0.1) is 0 Å². The average Bonchev–Trinajstić information content (AvgIpc) is 2.68. The second-order valence-electron chi connectivity index (χ2n) is 7.00. The molecule has 1 unspecified atom stereocenters. The second-order valence-corrected chi connectivity index (χ2v) is 8.89. The van der Waals surface area contributed by atoms with Crippen molar-refractivity contribution < 1.29 is 13.2 Å². The van der Waals surface area contributed by atoms with Crippen LogP contribution < -0.4 is 5.32 Å². The Labute approximate surface area is 161 Å². The molecule has 1 heterocycles. The molecule has 0 bridgehead atoms. The lowest BCUT2D eigenvalue weighted by atomic mass is 10.1. The topological polar surface area (TPSA) is 66.5 Å². The molecule has 0 aromatic heterocycles. The molecule has 1 saturated heterocycles. The van der Waals surface area contributed by atoms with Gasteiger partial charge in [0.25, 0.3) is 5.91 Å². The van der Waals surface area contributed by atoms with Crippen molar-refractivity contribution in [2.24, 2.45) is 0 Å². The van der Waals surface area contributed by atoms with Crippen molar-refractivity contribution in [3.63, 3.8) is 0 Å². The molecule has 1 amide bonds. The summed E-state index contributed by atoms with van der Waals surface area (Å²) < 4.78 is 27.6. The smallest absolute Gasteiger partial charge is 0.255 e. The van der Waals surface area contributed by atoms with Crippen LogP contribution in [0.25, 0.3) is 0 Å².